The molecule has 4 nitrogen and oxygen atoms in total. The lowest BCUT2D eigenvalue weighted by molar-refractivity contribution is -0.134. The lowest BCUT2D eigenvalue weighted by Gasteiger charge is -2.23. The summed E-state index contributed by atoms with van der Waals surface area (Å²) in [6.07, 6.45) is 0.968. The molecule has 2 saturated heterocycles. The van der Waals surface area contributed by atoms with E-state index in [-0.39, 0.29) is 11.9 Å². The Balaban J connectivity index is 2.07. The lowest BCUT2D eigenvalue weighted by Crippen LogP contribution is -2.47. The Bertz CT molecular complexity index is 366. The Morgan fingerprint density at radius 3 is 2.76 bits per heavy atom. The molecular formula is C11H15F2N3O. The molecule has 6 heteroatoms. The van der Waals surface area contributed by atoms with Crippen molar-refractivity contribution in [2.24, 2.45) is 0 Å². The standard InChI is InChI=1S/C11H15F2N3O/c1-7-2-3-9(15-7)10(17)16-6-11(12,13)4-8(16)5-14/h7-9,15H,2-4,6H2,1H3/t7-,8-,9+/m0/s1. The first kappa shape index (κ1) is 12.2. The van der Waals surface area contributed by atoms with Gasteiger partial charge >= 0.3 is 0 Å². The fraction of sp³-hybridized carbons (Fsp3) is 0.818. The molecule has 2 aliphatic heterocycles. The minimum atomic E-state index is -2.93. The fourth-order valence-corrected chi connectivity index (χ4v) is 2.49. The van der Waals surface area contributed by atoms with Crippen molar-refractivity contribution in [2.75, 3.05) is 6.54 Å². The predicted octanol–water partition coefficient (Wildman–Crippen LogP) is 0.887. The third-order valence-corrected chi connectivity index (χ3v) is 3.37. The predicted molar refractivity (Wildman–Crippen MR) is 56.3 cm³/mol. The van der Waals surface area contributed by atoms with E-state index in [1.165, 1.54) is 0 Å². The summed E-state index contributed by atoms with van der Waals surface area (Å²) in [5, 5.41) is 11.9. The van der Waals surface area contributed by atoms with Crippen LogP contribution in [-0.4, -0.2) is 41.4 Å². The third-order valence-electron chi connectivity index (χ3n) is 3.37. The number of carbonyl (C=O) groups is 1. The van der Waals surface area contributed by atoms with Crippen LogP contribution in [0.1, 0.15) is 26.2 Å². The van der Waals surface area contributed by atoms with Crippen LogP contribution in [0.5, 0.6) is 0 Å². The van der Waals surface area contributed by atoms with Crippen LogP contribution < -0.4 is 5.32 Å². The van der Waals surface area contributed by atoms with Gasteiger partial charge in [-0.15, -0.1) is 0 Å². The van der Waals surface area contributed by atoms with Gasteiger partial charge in [0.05, 0.1) is 18.7 Å². The molecule has 2 aliphatic rings. The summed E-state index contributed by atoms with van der Waals surface area (Å²) < 4.78 is 26.4. The summed E-state index contributed by atoms with van der Waals surface area (Å²) in [7, 11) is 0. The van der Waals surface area contributed by atoms with E-state index < -0.39 is 31.0 Å². The van der Waals surface area contributed by atoms with Crippen LogP contribution in [0.4, 0.5) is 8.78 Å². The zero-order valence-electron chi connectivity index (χ0n) is 9.62. The van der Waals surface area contributed by atoms with Crippen molar-refractivity contribution in [3.05, 3.63) is 0 Å². The van der Waals surface area contributed by atoms with Crippen LogP contribution in [0, 0.1) is 11.3 Å². The molecule has 1 N–H and O–H groups in total. The lowest BCUT2D eigenvalue weighted by atomic mass is 10.1. The summed E-state index contributed by atoms with van der Waals surface area (Å²) in [6.45, 7) is 1.32. The van der Waals surface area contributed by atoms with Gasteiger partial charge in [0.1, 0.15) is 6.04 Å². The highest BCUT2D eigenvalue weighted by atomic mass is 19.3. The van der Waals surface area contributed by atoms with E-state index in [4.69, 9.17) is 5.26 Å². The van der Waals surface area contributed by atoms with E-state index in [1.807, 2.05) is 6.92 Å². The van der Waals surface area contributed by atoms with E-state index in [2.05, 4.69) is 5.32 Å². The monoisotopic (exact) mass is 243 g/mol. The Morgan fingerprint density at radius 1 is 1.53 bits per heavy atom. The van der Waals surface area contributed by atoms with E-state index in [9.17, 15) is 13.6 Å². The molecule has 0 bridgehead atoms. The van der Waals surface area contributed by atoms with Crippen LogP contribution in [0.2, 0.25) is 0 Å². The van der Waals surface area contributed by atoms with Gasteiger partial charge in [-0.25, -0.2) is 8.78 Å². The summed E-state index contributed by atoms with van der Waals surface area (Å²) in [5.41, 5.74) is 0. The molecule has 2 rings (SSSR count). The van der Waals surface area contributed by atoms with Gasteiger partial charge in [-0.3, -0.25) is 4.79 Å². The molecule has 2 fully saturated rings. The number of amides is 1. The number of nitriles is 1. The fourth-order valence-electron chi connectivity index (χ4n) is 2.49. The molecule has 0 saturated carbocycles. The second kappa shape index (κ2) is 4.22. The average Bonchev–Trinajstić information content (AvgIpc) is 2.80. The molecule has 0 aromatic rings. The van der Waals surface area contributed by atoms with E-state index in [0.717, 1.165) is 11.3 Å². The smallest absolute Gasteiger partial charge is 0.268 e. The number of nitrogens with zero attached hydrogens (tertiary/aromatic N) is 2. The molecule has 0 aromatic carbocycles. The van der Waals surface area contributed by atoms with Crippen molar-refractivity contribution in [1.29, 1.82) is 5.26 Å². The normalized spacial score (nSPS) is 35.9. The molecule has 0 radical (unpaired) electrons. The molecule has 1 amide bonds. The highest BCUT2D eigenvalue weighted by molar-refractivity contribution is 5.83. The first-order valence-electron chi connectivity index (χ1n) is 5.77. The van der Waals surface area contributed by atoms with Crippen LogP contribution in [-0.2, 0) is 4.79 Å². The minimum Gasteiger partial charge on any atom is -0.319 e. The van der Waals surface area contributed by atoms with Crippen molar-refractivity contribution in [3.63, 3.8) is 0 Å². The van der Waals surface area contributed by atoms with Crippen molar-refractivity contribution in [3.8, 4) is 6.07 Å². The molecule has 0 unspecified atom stereocenters. The molecular weight excluding hydrogens is 228 g/mol. The largest absolute Gasteiger partial charge is 0.319 e. The van der Waals surface area contributed by atoms with Crippen LogP contribution in [0.3, 0.4) is 0 Å². The maximum atomic E-state index is 13.2. The number of likely N-dealkylation sites (tertiary alicyclic amines) is 1. The maximum Gasteiger partial charge on any atom is 0.268 e. The second-order valence-electron chi connectivity index (χ2n) is 4.87. The number of hydrogen-bond acceptors (Lipinski definition) is 3. The van der Waals surface area contributed by atoms with Gasteiger partial charge in [-0.05, 0) is 19.8 Å². The number of hydrogen-bond donors (Lipinski definition) is 1. The quantitative estimate of drug-likeness (QED) is 0.744. The Morgan fingerprint density at radius 2 is 2.24 bits per heavy atom. The van der Waals surface area contributed by atoms with Gasteiger partial charge in [0, 0.05) is 12.5 Å². The molecule has 2 heterocycles. The van der Waals surface area contributed by atoms with Gasteiger partial charge in [0.15, 0.2) is 0 Å². The van der Waals surface area contributed by atoms with E-state index in [0.29, 0.717) is 6.42 Å². The molecule has 3 atom stereocenters. The summed E-state index contributed by atoms with van der Waals surface area (Å²) >= 11 is 0. The molecule has 0 aliphatic carbocycles. The minimum absolute atomic E-state index is 0.229. The average molecular weight is 243 g/mol. The summed E-state index contributed by atoms with van der Waals surface area (Å²) in [6, 6.07) is 0.614. The van der Waals surface area contributed by atoms with Crippen molar-refractivity contribution < 1.29 is 13.6 Å². The Hall–Kier alpha value is -1.22. The second-order valence-corrected chi connectivity index (χ2v) is 4.87. The maximum absolute atomic E-state index is 13.2. The Kier molecular flexibility index (Phi) is 3.04. The molecule has 0 aromatic heterocycles. The van der Waals surface area contributed by atoms with Gasteiger partial charge in [0.25, 0.3) is 5.92 Å². The summed E-state index contributed by atoms with van der Waals surface area (Å²) in [5.74, 6) is -3.29. The van der Waals surface area contributed by atoms with Crippen molar-refractivity contribution in [1.82, 2.24) is 10.2 Å². The van der Waals surface area contributed by atoms with Crippen LogP contribution in [0.25, 0.3) is 0 Å². The van der Waals surface area contributed by atoms with Gasteiger partial charge in [-0.2, -0.15) is 5.26 Å². The van der Waals surface area contributed by atoms with Crippen molar-refractivity contribution >= 4 is 5.91 Å². The molecule has 0 spiro atoms. The topological polar surface area (TPSA) is 56.1 Å². The highest BCUT2D eigenvalue weighted by Gasteiger charge is 2.48. The number of nitrogens with one attached hydrogen (secondary N) is 1. The van der Waals surface area contributed by atoms with Gasteiger partial charge in [0.2, 0.25) is 5.91 Å². The number of rotatable bonds is 1. The van der Waals surface area contributed by atoms with Gasteiger partial charge < -0.3 is 10.2 Å². The zero-order valence-corrected chi connectivity index (χ0v) is 9.62. The van der Waals surface area contributed by atoms with Crippen LogP contribution >= 0.6 is 0 Å². The first-order chi connectivity index (χ1) is 7.93. The third kappa shape index (κ3) is 2.39. The van der Waals surface area contributed by atoms with Crippen LogP contribution in [0.15, 0.2) is 0 Å². The highest BCUT2D eigenvalue weighted by Crippen LogP contribution is 2.32. The number of halogens is 2. The Labute approximate surface area is 98.6 Å². The first-order valence-corrected chi connectivity index (χ1v) is 5.77. The molecule has 17 heavy (non-hydrogen) atoms. The molecule has 94 valence electrons. The van der Waals surface area contributed by atoms with E-state index in [1.54, 1.807) is 6.07 Å². The SMILES string of the molecule is C[C@H]1CC[C@H](C(=O)N2CC(F)(F)C[C@H]2C#N)N1. The van der Waals surface area contributed by atoms with E-state index >= 15 is 0 Å². The zero-order chi connectivity index (χ0) is 12.6. The van der Waals surface area contributed by atoms with Gasteiger partial charge in [-0.1, -0.05) is 0 Å². The van der Waals surface area contributed by atoms with Crippen molar-refractivity contribution in [2.45, 2.75) is 50.2 Å². The summed E-state index contributed by atoms with van der Waals surface area (Å²) in [4.78, 5) is 13.1. The number of carbonyl (C=O) groups excluding carboxylic acids is 1. The number of alkyl halides is 2.